The Hall–Kier alpha value is -1.09. The summed E-state index contributed by atoms with van der Waals surface area (Å²) in [4.78, 5) is 2.29. The quantitative estimate of drug-likeness (QED) is 0.888. The van der Waals surface area contributed by atoms with E-state index in [1.54, 1.807) is 6.07 Å². The first kappa shape index (κ1) is 13.3. The minimum absolute atomic E-state index is 0.177. The van der Waals surface area contributed by atoms with Crippen LogP contribution in [0.5, 0.6) is 0 Å². The summed E-state index contributed by atoms with van der Waals surface area (Å²) in [6.07, 6.45) is 5.04. The highest BCUT2D eigenvalue weighted by atomic mass is 19.1. The predicted molar refractivity (Wildman–Crippen MR) is 74.1 cm³/mol. The summed E-state index contributed by atoms with van der Waals surface area (Å²) in [6.45, 7) is 4.72. The fraction of sp³-hybridized carbons (Fsp3) is 0.600. The molecule has 3 heteroatoms. The molecule has 0 atom stereocenters. The van der Waals surface area contributed by atoms with Crippen molar-refractivity contribution in [1.29, 1.82) is 0 Å². The smallest absolute Gasteiger partial charge is 0.125 e. The largest absolute Gasteiger partial charge is 0.371 e. The van der Waals surface area contributed by atoms with Crippen molar-refractivity contribution in [2.45, 2.75) is 39.2 Å². The number of hydrogen-bond acceptors (Lipinski definition) is 2. The summed E-state index contributed by atoms with van der Waals surface area (Å²) in [5, 5.41) is 0. The van der Waals surface area contributed by atoms with Crippen molar-refractivity contribution in [3.63, 3.8) is 0 Å². The number of piperidine rings is 1. The van der Waals surface area contributed by atoms with Crippen molar-refractivity contribution < 1.29 is 4.39 Å². The molecule has 0 unspecified atom stereocenters. The first-order valence-electron chi connectivity index (χ1n) is 6.97. The topological polar surface area (TPSA) is 29.3 Å². The van der Waals surface area contributed by atoms with Gasteiger partial charge in [0.25, 0.3) is 0 Å². The molecule has 0 saturated carbocycles. The van der Waals surface area contributed by atoms with Crippen LogP contribution >= 0.6 is 0 Å². The van der Waals surface area contributed by atoms with Gasteiger partial charge in [0.15, 0.2) is 0 Å². The average molecular weight is 250 g/mol. The van der Waals surface area contributed by atoms with Crippen LogP contribution < -0.4 is 10.6 Å². The number of nitrogens with two attached hydrogens (primary N) is 1. The highest BCUT2D eigenvalue weighted by Crippen LogP contribution is 2.27. The highest BCUT2D eigenvalue weighted by Gasteiger charge is 2.19. The monoisotopic (exact) mass is 250 g/mol. The lowest BCUT2D eigenvalue weighted by atomic mass is 9.92. The molecule has 1 saturated heterocycles. The van der Waals surface area contributed by atoms with Gasteiger partial charge in [-0.05, 0) is 42.5 Å². The molecule has 0 bridgehead atoms. The molecule has 1 aliphatic heterocycles. The molecule has 1 aliphatic rings. The number of benzene rings is 1. The first-order chi connectivity index (χ1) is 8.72. The second kappa shape index (κ2) is 6.19. The maximum Gasteiger partial charge on any atom is 0.125 e. The molecule has 100 valence electrons. The van der Waals surface area contributed by atoms with Crippen LogP contribution in [0.25, 0.3) is 0 Å². The normalized spacial score (nSPS) is 17.2. The highest BCUT2D eigenvalue weighted by molar-refractivity contribution is 5.49. The lowest BCUT2D eigenvalue weighted by molar-refractivity contribution is 0.378. The van der Waals surface area contributed by atoms with Gasteiger partial charge in [-0.2, -0.15) is 0 Å². The lowest BCUT2D eigenvalue weighted by Gasteiger charge is -2.33. The van der Waals surface area contributed by atoms with E-state index >= 15 is 0 Å². The molecule has 1 aromatic rings. The molecule has 0 amide bonds. The van der Waals surface area contributed by atoms with Crippen LogP contribution in [0.2, 0.25) is 0 Å². The summed E-state index contributed by atoms with van der Waals surface area (Å²) in [5.74, 6) is 0.678. The van der Waals surface area contributed by atoms with Gasteiger partial charge in [-0.3, -0.25) is 0 Å². The Morgan fingerprint density at radius 2 is 2.00 bits per heavy atom. The molecular formula is C15H23FN2. The maximum atomic E-state index is 13.5. The number of nitrogens with zero attached hydrogens (tertiary/aromatic N) is 1. The Morgan fingerprint density at radius 1 is 1.28 bits per heavy atom. The number of hydrogen-bond donors (Lipinski definition) is 1. The van der Waals surface area contributed by atoms with Gasteiger partial charge in [-0.25, -0.2) is 4.39 Å². The van der Waals surface area contributed by atoms with Gasteiger partial charge in [-0.1, -0.05) is 19.8 Å². The molecule has 0 spiro atoms. The van der Waals surface area contributed by atoms with Gasteiger partial charge >= 0.3 is 0 Å². The standard InChI is InChI=1S/C15H23FN2/c1-2-3-12-4-6-18(7-5-12)15-9-13(11-17)8-14(16)10-15/h8-10,12H,2-7,11,17H2,1H3. The molecule has 0 aliphatic carbocycles. The van der Waals surface area contributed by atoms with E-state index in [0.29, 0.717) is 6.54 Å². The Bertz CT molecular complexity index is 384. The maximum absolute atomic E-state index is 13.5. The van der Waals surface area contributed by atoms with E-state index in [4.69, 9.17) is 5.73 Å². The molecule has 18 heavy (non-hydrogen) atoms. The fourth-order valence-corrected chi connectivity index (χ4v) is 2.82. The van der Waals surface area contributed by atoms with Crippen LogP contribution in [0.15, 0.2) is 18.2 Å². The molecule has 1 fully saturated rings. The molecule has 1 aromatic carbocycles. The second-order valence-electron chi connectivity index (χ2n) is 5.24. The van der Waals surface area contributed by atoms with Crippen LogP contribution in [0, 0.1) is 11.7 Å². The fourth-order valence-electron chi connectivity index (χ4n) is 2.82. The summed E-state index contributed by atoms with van der Waals surface area (Å²) in [5.41, 5.74) is 7.46. The lowest BCUT2D eigenvalue weighted by Crippen LogP contribution is -2.33. The summed E-state index contributed by atoms with van der Waals surface area (Å²) < 4.78 is 13.5. The van der Waals surface area contributed by atoms with Crippen molar-refractivity contribution in [2.75, 3.05) is 18.0 Å². The van der Waals surface area contributed by atoms with E-state index in [0.717, 1.165) is 30.3 Å². The molecule has 2 N–H and O–H groups in total. The van der Waals surface area contributed by atoms with Gasteiger partial charge < -0.3 is 10.6 Å². The molecule has 0 aromatic heterocycles. The molecule has 0 radical (unpaired) electrons. The third-order valence-corrected chi connectivity index (χ3v) is 3.85. The molecule has 1 heterocycles. The first-order valence-corrected chi connectivity index (χ1v) is 6.97. The predicted octanol–water partition coefficient (Wildman–Crippen LogP) is 3.30. The number of rotatable bonds is 4. The van der Waals surface area contributed by atoms with E-state index in [1.807, 2.05) is 6.07 Å². The SMILES string of the molecule is CCCC1CCN(c2cc(F)cc(CN)c2)CC1. The van der Waals surface area contributed by atoms with E-state index < -0.39 is 0 Å². The number of halogens is 1. The second-order valence-corrected chi connectivity index (χ2v) is 5.24. The summed E-state index contributed by atoms with van der Waals surface area (Å²) in [7, 11) is 0. The average Bonchev–Trinajstić information content (AvgIpc) is 2.39. The van der Waals surface area contributed by atoms with Crippen molar-refractivity contribution in [3.8, 4) is 0 Å². The third-order valence-electron chi connectivity index (χ3n) is 3.85. The Morgan fingerprint density at radius 3 is 2.61 bits per heavy atom. The van der Waals surface area contributed by atoms with Gasteiger partial charge in [0.1, 0.15) is 5.82 Å². The van der Waals surface area contributed by atoms with Crippen LogP contribution in [0.3, 0.4) is 0 Å². The van der Waals surface area contributed by atoms with Gasteiger partial charge in [-0.15, -0.1) is 0 Å². The Labute approximate surface area is 109 Å². The van der Waals surface area contributed by atoms with E-state index in [-0.39, 0.29) is 5.82 Å². The zero-order valence-corrected chi connectivity index (χ0v) is 11.2. The van der Waals surface area contributed by atoms with Crippen LogP contribution in [-0.2, 0) is 6.54 Å². The van der Waals surface area contributed by atoms with E-state index in [2.05, 4.69) is 11.8 Å². The minimum Gasteiger partial charge on any atom is -0.371 e. The van der Waals surface area contributed by atoms with E-state index in [9.17, 15) is 4.39 Å². The van der Waals surface area contributed by atoms with E-state index in [1.165, 1.54) is 31.7 Å². The van der Waals surface area contributed by atoms with Gasteiger partial charge in [0.2, 0.25) is 0 Å². The summed E-state index contributed by atoms with van der Waals surface area (Å²) in [6, 6.07) is 5.16. The zero-order chi connectivity index (χ0) is 13.0. The van der Waals surface area contributed by atoms with Crippen LogP contribution in [0.1, 0.15) is 38.2 Å². The van der Waals surface area contributed by atoms with Crippen LogP contribution in [0.4, 0.5) is 10.1 Å². The van der Waals surface area contributed by atoms with Crippen molar-refractivity contribution in [1.82, 2.24) is 0 Å². The van der Waals surface area contributed by atoms with Crippen molar-refractivity contribution >= 4 is 5.69 Å². The zero-order valence-electron chi connectivity index (χ0n) is 11.2. The van der Waals surface area contributed by atoms with Gasteiger partial charge in [0.05, 0.1) is 0 Å². The molecular weight excluding hydrogens is 227 g/mol. The Balaban J connectivity index is 2.02. The van der Waals surface area contributed by atoms with Crippen molar-refractivity contribution in [2.24, 2.45) is 11.7 Å². The minimum atomic E-state index is -0.177. The summed E-state index contributed by atoms with van der Waals surface area (Å²) >= 11 is 0. The van der Waals surface area contributed by atoms with Gasteiger partial charge in [0, 0.05) is 25.3 Å². The van der Waals surface area contributed by atoms with Crippen LogP contribution in [-0.4, -0.2) is 13.1 Å². The molecule has 2 rings (SSSR count). The Kier molecular flexibility index (Phi) is 4.59. The number of anilines is 1. The third kappa shape index (κ3) is 3.22. The van der Waals surface area contributed by atoms with Crippen molar-refractivity contribution in [3.05, 3.63) is 29.6 Å². The molecule has 2 nitrogen and oxygen atoms in total.